The molecule has 1 fully saturated rings. The van der Waals surface area contributed by atoms with Crippen LogP contribution in [0.4, 0.5) is 0 Å². The number of benzene rings is 2. The molecule has 0 atom stereocenters. The summed E-state index contributed by atoms with van der Waals surface area (Å²) in [6.07, 6.45) is 3.29. The number of fused-ring (bicyclic) bond motifs is 1. The van der Waals surface area contributed by atoms with Gasteiger partial charge in [-0.05, 0) is 31.4 Å². The highest BCUT2D eigenvalue weighted by atomic mass is 16.5. The Balaban J connectivity index is 1.41. The SMILES string of the molecule is O=c1cc(-c2ccc(CCCCN3CCOCC3)cc2)oc2cc(O)cc(O)c12. The summed E-state index contributed by atoms with van der Waals surface area (Å²) in [6.45, 7) is 4.85. The fourth-order valence-electron chi connectivity index (χ4n) is 3.72. The third kappa shape index (κ3) is 4.60. The maximum Gasteiger partial charge on any atom is 0.197 e. The minimum atomic E-state index is -0.342. The molecular weight excluding hydrogens is 370 g/mol. The van der Waals surface area contributed by atoms with E-state index in [-0.39, 0.29) is 27.9 Å². The number of hydrogen-bond acceptors (Lipinski definition) is 6. The van der Waals surface area contributed by atoms with E-state index in [0.29, 0.717) is 5.76 Å². The van der Waals surface area contributed by atoms with Crippen LogP contribution in [0.25, 0.3) is 22.3 Å². The molecule has 2 aromatic carbocycles. The van der Waals surface area contributed by atoms with Crippen LogP contribution in [0.5, 0.6) is 11.5 Å². The number of aromatic hydroxyl groups is 2. The molecule has 2 heterocycles. The second-order valence-electron chi connectivity index (χ2n) is 7.42. The monoisotopic (exact) mass is 395 g/mol. The number of rotatable bonds is 6. The molecule has 0 amide bonds. The molecule has 0 bridgehead atoms. The zero-order chi connectivity index (χ0) is 20.2. The van der Waals surface area contributed by atoms with Gasteiger partial charge in [-0.1, -0.05) is 24.3 Å². The number of phenols is 2. The van der Waals surface area contributed by atoms with Crippen LogP contribution in [0, 0.1) is 0 Å². The number of ether oxygens (including phenoxy) is 1. The molecule has 152 valence electrons. The van der Waals surface area contributed by atoms with Crippen molar-refractivity contribution in [3.8, 4) is 22.8 Å². The summed E-state index contributed by atoms with van der Waals surface area (Å²) in [5.41, 5.74) is 1.85. The van der Waals surface area contributed by atoms with Crippen molar-refractivity contribution in [2.45, 2.75) is 19.3 Å². The van der Waals surface area contributed by atoms with Gasteiger partial charge in [-0.2, -0.15) is 0 Å². The molecule has 2 N–H and O–H groups in total. The summed E-state index contributed by atoms with van der Waals surface area (Å²) in [6, 6.07) is 11.8. The first-order chi connectivity index (χ1) is 14.1. The minimum absolute atomic E-state index is 0.0726. The number of unbranched alkanes of at least 4 members (excludes halogenated alkanes) is 1. The number of nitrogens with zero attached hydrogens (tertiary/aromatic N) is 1. The molecule has 1 saturated heterocycles. The standard InChI is InChI=1S/C23H25NO5/c25-18-13-19(26)23-20(27)15-21(29-22(23)14-18)17-6-4-16(5-7-17)3-1-2-8-24-9-11-28-12-10-24/h4-7,13-15,25-26H,1-3,8-12H2. The highest BCUT2D eigenvalue weighted by molar-refractivity contribution is 5.85. The van der Waals surface area contributed by atoms with Gasteiger partial charge < -0.3 is 19.4 Å². The molecular formula is C23H25NO5. The topological polar surface area (TPSA) is 83.1 Å². The molecule has 0 saturated carbocycles. The largest absolute Gasteiger partial charge is 0.508 e. The summed E-state index contributed by atoms with van der Waals surface area (Å²) in [5, 5.41) is 19.6. The van der Waals surface area contributed by atoms with Crippen LogP contribution in [0.2, 0.25) is 0 Å². The summed E-state index contributed by atoms with van der Waals surface area (Å²) in [5.74, 6) is -0.0261. The van der Waals surface area contributed by atoms with Crippen LogP contribution in [0.15, 0.2) is 51.7 Å². The Labute approximate surface area is 169 Å². The van der Waals surface area contributed by atoms with Crippen LogP contribution in [-0.4, -0.2) is 48.0 Å². The molecule has 4 rings (SSSR count). The third-order valence-corrected chi connectivity index (χ3v) is 5.33. The van der Waals surface area contributed by atoms with E-state index in [1.807, 2.05) is 24.3 Å². The summed E-state index contributed by atoms with van der Waals surface area (Å²) >= 11 is 0. The van der Waals surface area contributed by atoms with Gasteiger partial charge in [0.15, 0.2) is 5.43 Å². The van der Waals surface area contributed by atoms with Gasteiger partial charge in [-0.15, -0.1) is 0 Å². The quantitative estimate of drug-likeness (QED) is 0.622. The van der Waals surface area contributed by atoms with E-state index in [2.05, 4.69) is 4.90 Å². The molecule has 0 radical (unpaired) electrons. The lowest BCUT2D eigenvalue weighted by molar-refractivity contribution is 0.0372. The van der Waals surface area contributed by atoms with Gasteiger partial charge in [0, 0.05) is 36.9 Å². The van der Waals surface area contributed by atoms with Gasteiger partial charge in [-0.3, -0.25) is 9.69 Å². The van der Waals surface area contributed by atoms with Gasteiger partial charge in [0.25, 0.3) is 0 Å². The fraction of sp³-hybridized carbons (Fsp3) is 0.348. The zero-order valence-corrected chi connectivity index (χ0v) is 16.3. The Morgan fingerprint density at radius 1 is 0.966 bits per heavy atom. The molecule has 1 aliphatic heterocycles. The van der Waals surface area contributed by atoms with Crippen LogP contribution in [-0.2, 0) is 11.2 Å². The van der Waals surface area contributed by atoms with E-state index < -0.39 is 0 Å². The molecule has 0 unspecified atom stereocenters. The Morgan fingerprint density at radius 2 is 1.72 bits per heavy atom. The van der Waals surface area contributed by atoms with E-state index in [9.17, 15) is 15.0 Å². The van der Waals surface area contributed by atoms with Crippen LogP contribution < -0.4 is 5.43 Å². The van der Waals surface area contributed by atoms with Gasteiger partial charge in [0.2, 0.25) is 0 Å². The second kappa shape index (κ2) is 8.68. The number of morpholine rings is 1. The van der Waals surface area contributed by atoms with Gasteiger partial charge in [-0.25, -0.2) is 0 Å². The lowest BCUT2D eigenvalue weighted by Gasteiger charge is -2.26. The van der Waals surface area contributed by atoms with Crippen LogP contribution in [0.3, 0.4) is 0 Å². The van der Waals surface area contributed by atoms with Gasteiger partial charge in [0.05, 0.1) is 13.2 Å². The Hall–Kier alpha value is -2.83. The van der Waals surface area contributed by atoms with E-state index in [1.165, 1.54) is 17.7 Å². The van der Waals surface area contributed by atoms with Crippen molar-refractivity contribution in [1.29, 1.82) is 0 Å². The Kier molecular flexibility index (Phi) is 5.83. The summed E-state index contributed by atoms with van der Waals surface area (Å²) < 4.78 is 11.1. The van der Waals surface area contributed by atoms with Crippen molar-refractivity contribution in [2.24, 2.45) is 0 Å². The van der Waals surface area contributed by atoms with Crippen molar-refractivity contribution >= 4 is 11.0 Å². The molecule has 29 heavy (non-hydrogen) atoms. The van der Waals surface area contributed by atoms with Crippen LogP contribution in [0.1, 0.15) is 18.4 Å². The lowest BCUT2D eigenvalue weighted by Crippen LogP contribution is -2.36. The molecule has 0 aliphatic carbocycles. The fourth-order valence-corrected chi connectivity index (χ4v) is 3.72. The Morgan fingerprint density at radius 3 is 2.48 bits per heavy atom. The van der Waals surface area contributed by atoms with E-state index >= 15 is 0 Å². The summed E-state index contributed by atoms with van der Waals surface area (Å²) in [7, 11) is 0. The van der Waals surface area contributed by atoms with Crippen molar-refractivity contribution < 1.29 is 19.4 Å². The molecule has 1 aromatic heterocycles. The number of phenolic OH excluding ortho intramolecular Hbond substituents is 2. The van der Waals surface area contributed by atoms with Crippen molar-refractivity contribution in [1.82, 2.24) is 4.90 Å². The predicted molar refractivity (Wildman–Crippen MR) is 111 cm³/mol. The van der Waals surface area contributed by atoms with E-state index in [1.54, 1.807) is 0 Å². The molecule has 6 nitrogen and oxygen atoms in total. The average Bonchev–Trinajstić information content (AvgIpc) is 2.71. The molecule has 1 aliphatic rings. The highest BCUT2D eigenvalue weighted by Crippen LogP contribution is 2.30. The smallest absolute Gasteiger partial charge is 0.197 e. The maximum absolute atomic E-state index is 12.4. The maximum atomic E-state index is 12.4. The predicted octanol–water partition coefficient (Wildman–Crippen LogP) is 3.53. The van der Waals surface area contributed by atoms with Crippen LogP contribution >= 0.6 is 0 Å². The normalized spacial score (nSPS) is 15.0. The highest BCUT2D eigenvalue weighted by Gasteiger charge is 2.12. The van der Waals surface area contributed by atoms with E-state index in [0.717, 1.165) is 63.7 Å². The lowest BCUT2D eigenvalue weighted by atomic mass is 10.0. The third-order valence-electron chi connectivity index (χ3n) is 5.33. The van der Waals surface area contributed by atoms with Gasteiger partial charge >= 0.3 is 0 Å². The average molecular weight is 395 g/mol. The van der Waals surface area contributed by atoms with Crippen molar-refractivity contribution in [2.75, 3.05) is 32.8 Å². The summed E-state index contributed by atoms with van der Waals surface area (Å²) in [4.78, 5) is 14.8. The van der Waals surface area contributed by atoms with Gasteiger partial charge in [0.1, 0.15) is 28.2 Å². The Bertz CT molecular complexity index is 1040. The number of hydrogen-bond donors (Lipinski definition) is 2. The number of aryl methyl sites for hydroxylation is 1. The second-order valence-corrected chi connectivity index (χ2v) is 7.42. The zero-order valence-electron chi connectivity index (χ0n) is 16.3. The first-order valence-corrected chi connectivity index (χ1v) is 9.99. The molecule has 3 aromatic rings. The minimum Gasteiger partial charge on any atom is -0.508 e. The van der Waals surface area contributed by atoms with E-state index in [4.69, 9.17) is 9.15 Å². The molecule has 0 spiro atoms. The van der Waals surface area contributed by atoms with Crippen molar-refractivity contribution in [3.05, 3.63) is 58.3 Å². The molecule has 6 heteroatoms. The first kappa shape index (κ1) is 19.5. The van der Waals surface area contributed by atoms with Crippen molar-refractivity contribution in [3.63, 3.8) is 0 Å². The first-order valence-electron chi connectivity index (χ1n) is 9.99.